The van der Waals surface area contributed by atoms with E-state index in [1.54, 1.807) is 13.3 Å². The highest BCUT2D eigenvalue weighted by atomic mass is 79.9. The van der Waals surface area contributed by atoms with Crippen LogP contribution in [-0.2, 0) is 6.54 Å². The second kappa shape index (κ2) is 7.50. The molecule has 23 heavy (non-hydrogen) atoms. The maximum Gasteiger partial charge on any atom is 0.191 e. The average molecular weight is 378 g/mol. The van der Waals surface area contributed by atoms with Crippen LogP contribution in [0.2, 0.25) is 0 Å². The van der Waals surface area contributed by atoms with E-state index in [-0.39, 0.29) is 0 Å². The van der Waals surface area contributed by atoms with Gasteiger partial charge < -0.3 is 20.1 Å². The van der Waals surface area contributed by atoms with Crippen molar-refractivity contribution in [1.82, 2.24) is 15.8 Å². The molecule has 0 aliphatic carbocycles. The van der Waals surface area contributed by atoms with Crippen LogP contribution in [0.3, 0.4) is 0 Å². The minimum atomic E-state index is 0.377. The van der Waals surface area contributed by atoms with Crippen molar-refractivity contribution in [2.75, 3.05) is 25.0 Å². The molecule has 122 valence electrons. The third-order valence-corrected chi connectivity index (χ3v) is 4.40. The first-order chi connectivity index (χ1) is 11.2. The molecule has 1 aromatic carbocycles. The number of nitrogens with zero attached hydrogens (tertiary/aromatic N) is 3. The number of aromatic nitrogens is 1. The molecule has 7 heteroatoms. The molecule has 0 saturated carbocycles. The van der Waals surface area contributed by atoms with Gasteiger partial charge in [0.25, 0.3) is 0 Å². The van der Waals surface area contributed by atoms with Gasteiger partial charge in [-0.3, -0.25) is 4.99 Å². The Morgan fingerprint density at radius 2 is 2.22 bits per heavy atom. The van der Waals surface area contributed by atoms with E-state index in [2.05, 4.69) is 65.9 Å². The van der Waals surface area contributed by atoms with E-state index >= 15 is 0 Å². The summed E-state index contributed by atoms with van der Waals surface area (Å²) < 4.78 is 5.93. The number of rotatable bonds is 4. The van der Waals surface area contributed by atoms with Crippen LogP contribution in [0.1, 0.15) is 12.1 Å². The molecule has 2 heterocycles. The molecular formula is C16H20BrN5O. The highest BCUT2D eigenvalue weighted by Gasteiger charge is 2.23. The maximum atomic E-state index is 4.83. The Bertz CT molecular complexity index is 641. The Labute approximate surface area is 144 Å². The predicted octanol–water partition coefficient (Wildman–Crippen LogP) is 2.38. The summed E-state index contributed by atoms with van der Waals surface area (Å²) in [6.45, 7) is 2.60. The molecule has 2 aromatic rings. The average Bonchev–Trinajstić information content (AvgIpc) is 3.24. The fourth-order valence-electron chi connectivity index (χ4n) is 2.66. The van der Waals surface area contributed by atoms with Crippen molar-refractivity contribution in [3.63, 3.8) is 0 Å². The number of aliphatic imine (C=N–C) groups is 1. The van der Waals surface area contributed by atoms with Gasteiger partial charge in [0.1, 0.15) is 12.0 Å². The molecule has 2 N–H and O–H groups in total. The molecule has 1 fully saturated rings. The Morgan fingerprint density at radius 3 is 2.91 bits per heavy atom. The monoisotopic (exact) mass is 377 g/mol. The molecule has 1 aliphatic heterocycles. The van der Waals surface area contributed by atoms with Gasteiger partial charge in [-0.05, 0) is 30.7 Å². The standard InChI is InChI=1S/C16H20BrN5O/c1-18-16(19-10-13-7-9-23-21-13)20-14-6-8-22(11-14)15-4-2-12(17)3-5-15/h2-5,7,9,14H,6,8,10-11H2,1H3,(H2,18,19,20). The molecule has 0 spiro atoms. The number of benzene rings is 1. The predicted molar refractivity (Wildman–Crippen MR) is 94.6 cm³/mol. The summed E-state index contributed by atoms with van der Waals surface area (Å²) in [6.07, 6.45) is 2.65. The number of halogens is 1. The summed E-state index contributed by atoms with van der Waals surface area (Å²) in [5, 5.41) is 10.6. The summed E-state index contributed by atoms with van der Waals surface area (Å²) >= 11 is 3.47. The lowest BCUT2D eigenvalue weighted by molar-refractivity contribution is 0.410. The van der Waals surface area contributed by atoms with Crippen LogP contribution in [0.25, 0.3) is 0 Å². The Kier molecular flexibility index (Phi) is 5.17. The zero-order valence-corrected chi connectivity index (χ0v) is 14.6. The molecule has 1 atom stereocenters. The summed E-state index contributed by atoms with van der Waals surface area (Å²) in [5.41, 5.74) is 2.11. The van der Waals surface area contributed by atoms with Crippen LogP contribution in [-0.4, -0.2) is 37.3 Å². The second-order valence-corrected chi connectivity index (χ2v) is 6.38. The molecule has 1 saturated heterocycles. The van der Waals surface area contributed by atoms with Crippen LogP contribution in [0.4, 0.5) is 5.69 Å². The number of guanidine groups is 1. The van der Waals surface area contributed by atoms with Gasteiger partial charge in [-0.15, -0.1) is 0 Å². The molecule has 0 radical (unpaired) electrons. The van der Waals surface area contributed by atoms with E-state index in [0.29, 0.717) is 12.6 Å². The molecule has 1 unspecified atom stereocenters. The number of nitrogens with one attached hydrogen (secondary N) is 2. The summed E-state index contributed by atoms with van der Waals surface area (Å²) in [7, 11) is 1.78. The van der Waals surface area contributed by atoms with Gasteiger partial charge in [-0.2, -0.15) is 0 Å². The lowest BCUT2D eigenvalue weighted by atomic mass is 10.3. The van der Waals surface area contributed by atoms with Crippen molar-refractivity contribution in [3.05, 3.63) is 46.8 Å². The zero-order valence-electron chi connectivity index (χ0n) is 13.0. The maximum absolute atomic E-state index is 4.83. The molecule has 0 bridgehead atoms. The fraction of sp³-hybridized carbons (Fsp3) is 0.375. The van der Waals surface area contributed by atoms with Crippen LogP contribution >= 0.6 is 15.9 Å². The van der Waals surface area contributed by atoms with Gasteiger partial charge in [0.2, 0.25) is 0 Å². The van der Waals surface area contributed by atoms with E-state index in [1.807, 2.05) is 6.07 Å². The second-order valence-electron chi connectivity index (χ2n) is 5.47. The summed E-state index contributed by atoms with van der Waals surface area (Å²) in [6, 6.07) is 10.7. The van der Waals surface area contributed by atoms with Gasteiger partial charge in [0, 0.05) is 42.4 Å². The molecular weight excluding hydrogens is 358 g/mol. The van der Waals surface area contributed by atoms with Crippen molar-refractivity contribution in [2.45, 2.75) is 19.0 Å². The van der Waals surface area contributed by atoms with Gasteiger partial charge in [0.05, 0.1) is 6.54 Å². The first-order valence-corrected chi connectivity index (χ1v) is 8.41. The van der Waals surface area contributed by atoms with E-state index in [4.69, 9.17) is 4.52 Å². The lowest BCUT2D eigenvalue weighted by Crippen LogP contribution is -2.44. The minimum absolute atomic E-state index is 0.377. The fourth-order valence-corrected chi connectivity index (χ4v) is 2.92. The normalized spacial score (nSPS) is 18.3. The lowest BCUT2D eigenvalue weighted by Gasteiger charge is -2.20. The van der Waals surface area contributed by atoms with Crippen LogP contribution < -0.4 is 15.5 Å². The molecule has 3 rings (SSSR count). The van der Waals surface area contributed by atoms with Crippen molar-refractivity contribution >= 4 is 27.6 Å². The largest absolute Gasteiger partial charge is 0.369 e. The van der Waals surface area contributed by atoms with Gasteiger partial charge >= 0.3 is 0 Å². The van der Waals surface area contributed by atoms with Gasteiger partial charge in [0.15, 0.2) is 5.96 Å². The third-order valence-electron chi connectivity index (χ3n) is 3.87. The molecule has 1 aliphatic rings. The van der Waals surface area contributed by atoms with E-state index in [1.165, 1.54) is 5.69 Å². The number of hydrogen-bond acceptors (Lipinski definition) is 4. The van der Waals surface area contributed by atoms with Crippen molar-refractivity contribution < 1.29 is 4.52 Å². The molecule has 0 amide bonds. The summed E-state index contributed by atoms with van der Waals surface area (Å²) in [4.78, 5) is 6.66. The number of anilines is 1. The topological polar surface area (TPSA) is 65.7 Å². The van der Waals surface area contributed by atoms with E-state index in [0.717, 1.165) is 35.6 Å². The quantitative estimate of drug-likeness (QED) is 0.632. The first-order valence-electron chi connectivity index (χ1n) is 7.61. The number of hydrogen-bond donors (Lipinski definition) is 2. The Hall–Kier alpha value is -2.02. The third kappa shape index (κ3) is 4.25. The highest BCUT2D eigenvalue weighted by Crippen LogP contribution is 2.22. The van der Waals surface area contributed by atoms with Gasteiger partial charge in [-0.25, -0.2) is 0 Å². The first kappa shape index (κ1) is 15.9. The Balaban J connectivity index is 1.51. The van der Waals surface area contributed by atoms with E-state index in [9.17, 15) is 0 Å². The summed E-state index contributed by atoms with van der Waals surface area (Å²) in [5.74, 6) is 0.788. The van der Waals surface area contributed by atoms with Crippen LogP contribution in [0.15, 0.2) is 50.6 Å². The molecule has 6 nitrogen and oxygen atoms in total. The van der Waals surface area contributed by atoms with Gasteiger partial charge in [-0.1, -0.05) is 21.1 Å². The van der Waals surface area contributed by atoms with Crippen molar-refractivity contribution in [3.8, 4) is 0 Å². The highest BCUT2D eigenvalue weighted by molar-refractivity contribution is 9.10. The van der Waals surface area contributed by atoms with Crippen molar-refractivity contribution in [1.29, 1.82) is 0 Å². The van der Waals surface area contributed by atoms with E-state index < -0.39 is 0 Å². The SMILES string of the molecule is CN=C(NCc1ccon1)NC1CCN(c2ccc(Br)cc2)C1. The van der Waals surface area contributed by atoms with Crippen LogP contribution in [0.5, 0.6) is 0 Å². The molecule has 1 aromatic heterocycles. The smallest absolute Gasteiger partial charge is 0.191 e. The van der Waals surface area contributed by atoms with Crippen molar-refractivity contribution in [2.24, 2.45) is 4.99 Å². The van der Waals surface area contributed by atoms with Crippen LogP contribution in [0, 0.1) is 0 Å². The zero-order chi connectivity index (χ0) is 16.1. The minimum Gasteiger partial charge on any atom is -0.369 e. The Morgan fingerprint density at radius 1 is 1.39 bits per heavy atom.